The second-order valence-electron chi connectivity index (χ2n) is 6.15. The highest BCUT2D eigenvalue weighted by Gasteiger charge is 2.10. The number of hydrogen-bond donors (Lipinski definition) is 1. The number of nitrogens with zero attached hydrogens (tertiary/aromatic N) is 2. The second kappa shape index (κ2) is 8.15. The Kier molecular flexibility index (Phi) is 5.68. The van der Waals surface area contributed by atoms with Crippen molar-refractivity contribution in [2.45, 2.75) is 25.9 Å². The molecule has 0 aliphatic carbocycles. The third-order valence-electron chi connectivity index (χ3n) is 3.98. The van der Waals surface area contributed by atoms with Crippen LogP contribution in [0.1, 0.15) is 16.8 Å². The van der Waals surface area contributed by atoms with Gasteiger partial charge in [-0.05, 0) is 38.0 Å². The maximum atomic E-state index is 12.3. The van der Waals surface area contributed by atoms with Gasteiger partial charge in [0.25, 0.3) is 0 Å². The number of nitrogens with one attached hydrogen (secondary N) is 1. The van der Waals surface area contributed by atoms with E-state index in [1.807, 2.05) is 75.4 Å². The molecule has 5 heteroatoms. The van der Waals surface area contributed by atoms with Gasteiger partial charge in [0, 0.05) is 16.9 Å². The fourth-order valence-electron chi connectivity index (χ4n) is 2.68. The average Bonchev–Trinajstić information content (AvgIpc) is 2.63. The molecule has 0 saturated heterocycles. The van der Waals surface area contributed by atoms with Crippen molar-refractivity contribution in [1.82, 2.24) is 9.97 Å². The number of anilines is 1. The predicted octanol–water partition coefficient (Wildman–Crippen LogP) is 4.80. The molecular weight excluding hydrogens is 342 g/mol. The van der Waals surface area contributed by atoms with Crippen molar-refractivity contribution in [3.05, 3.63) is 71.4 Å². The Morgan fingerprint density at radius 2 is 1.65 bits per heavy atom. The molecule has 0 saturated carbocycles. The van der Waals surface area contributed by atoms with Crippen molar-refractivity contribution in [1.29, 1.82) is 0 Å². The first-order chi connectivity index (χ1) is 12.5. The van der Waals surface area contributed by atoms with Gasteiger partial charge >= 0.3 is 0 Å². The maximum absolute atomic E-state index is 12.3. The van der Waals surface area contributed by atoms with Crippen molar-refractivity contribution < 1.29 is 4.79 Å². The van der Waals surface area contributed by atoms with Crippen LogP contribution in [0.2, 0.25) is 0 Å². The molecule has 132 valence electrons. The van der Waals surface area contributed by atoms with Crippen LogP contribution >= 0.6 is 11.8 Å². The van der Waals surface area contributed by atoms with E-state index in [1.165, 1.54) is 11.8 Å². The van der Waals surface area contributed by atoms with Crippen LogP contribution in [0.15, 0.2) is 59.8 Å². The number of aryl methyl sites for hydroxylation is 3. The lowest BCUT2D eigenvalue weighted by molar-refractivity contribution is -0.113. The Morgan fingerprint density at radius 3 is 2.35 bits per heavy atom. The summed E-state index contributed by atoms with van der Waals surface area (Å²) >= 11 is 1.35. The van der Waals surface area contributed by atoms with Crippen LogP contribution in [0.4, 0.5) is 5.69 Å². The van der Waals surface area contributed by atoms with Crippen LogP contribution in [-0.2, 0) is 4.79 Å². The lowest BCUT2D eigenvalue weighted by atomic mass is 10.1. The maximum Gasteiger partial charge on any atom is 0.234 e. The highest BCUT2D eigenvalue weighted by atomic mass is 32.2. The van der Waals surface area contributed by atoms with Crippen LogP contribution in [0.5, 0.6) is 0 Å². The van der Waals surface area contributed by atoms with Crippen LogP contribution in [0.25, 0.3) is 11.3 Å². The molecule has 0 unspecified atom stereocenters. The topological polar surface area (TPSA) is 54.9 Å². The van der Waals surface area contributed by atoms with Gasteiger partial charge in [0.2, 0.25) is 5.91 Å². The summed E-state index contributed by atoms with van der Waals surface area (Å²) in [6, 6.07) is 17.9. The van der Waals surface area contributed by atoms with Gasteiger partial charge in [0.05, 0.1) is 11.4 Å². The molecule has 0 radical (unpaired) electrons. The fraction of sp³-hybridized carbons (Fsp3) is 0.190. The molecule has 1 N–H and O–H groups in total. The van der Waals surface area contributed by atoms with Gasteiger partial charge in [-0.1, -0.05) is 60.3 Å². The van der Waals surface area contributed by atoms with E-state index in [2.05, 4.69) is 15.3 Å². The smallest absolute Gasteiger partial charge is 0.234 e. The van der Waals surface area contributed by atoms with Crippen molar-refractivity contribution >= 4 is 23.4 Å². The second-order valence-corrected chi connectivity index (χ2v) is 7.09. The normalized spacial score (nSPS) is 10.6. The van der Waals surface area contributed by atoms with E-state index in [0.29, 0.717) is 5.16 Å². The first kappa shape index (κ1) is 18.1. The number of rotatable bonds is 5. The van der Waals surface area contributed by atoms with Crippen LogP contribution in [0.3, 0.4) is 0 Å². The number of para-hydroxylation sites is 1. The summed E-state index contributed by atoms with van der Waals surface area (Å²) in [7, 11) is 0. The molecule has 4 nitrogen and oxygen atoms in total. The number of aromatic nitrogens is 2. The van der Waals surface area contributed by atoms with Gasteiger partial charge < -0.3 is 5.32 Å². The van der Waals surface area contributed by atoms with E-state index in [0.717, 1.165) is 33.8 Å². The van der Waals surface area contributed by atoms with Gasteiger partial charge in [0.1, 0.15) is 0 Å². The van der Waals surface area contributed by atoms with E-state index in [-0.39, 0.29) is 11.7 Å². The van der Waals surface area contributed by atoms with Crippen LogP contribution < -0.4 is 5.32 Å². The van der Waals surface area contributed by atoms with E-state index in [9.17, 15) is 4.79 Å². The van der Waals surface area contributed by atoms with Gasteiger partial charge in [-0.15, -0.1) is 0 Å². The number of carbonyl (C=O) groups is 1. The molecular formula is C21H21N3OS. The minimum Gasteiger partial charge on any atom is -0.325 e. The zero-order chi connectivity index (χ0) is 18.5. The summed E-state index contributed by atoms with van der Waals surface area (Å²) in [5, 5.41) is 3.61. The van der Waals surface area contributed by atoms with E-state index >= 15 is 0 Å². The molecule has 0 aliphatic rings. The van der Waals surface area contributed by atoms with Crippen LogP contribution in [-0.4, -0.2) is 21.6 Å². The Labute approximate surface area is 158 Å². The molecule has 0 spiro atoms. The average molecular weight is 363 g/mol. The number of carbonyl (C=O) groups excluding carboxylic acids is 1. The molecule has 3 aromatic rings. The number of benzene rings is 2. The minimum atomic E-state index is -0.0567. The number of thioether (sulfide) groups is 1. The first-order valence-corrected chi connectivity index (χ1v) is 9.41. The molecule has 26 heavy (non-hydrogen) atoms. The Balaban J connectivity index is 1.70. The predicted molar refractivity (Wildman–Crippen MR) is 107 cm³/mol. The minimum absolute atomic E-state index is 0.0567. The molecule has 1 amide bonds. The van der Waals surface area contributed by atoms with Gasteiger partial charge in [-0.25, -0.2) is 9.97 Å². The molecule has 1 heterocycles. The highest BCUT2D eigenvalue weighted by molar-refractivity contribution is 7.99. The van der Waals surface area contributed by atoms with E-state index < -0.39 is 0 Å². The lowest BCUT2D eigenvalue weighted by Crippen LogP contribution is -2.16. The molecule has 0 atom stereocenters. The number of hydrogen-bond acceptors (Lipinski definition) is 4. The van der Waals surface area contributed by atoms with Crippen molar-refractivity contribution in [3.63, 3.8) is 0 Å². The number of amides is 1. The van der Waals surface area contributed by atoms with Crippen molar-refractivity contribution in [3.8, 4) is 11.3 Å². The Bertz CT molecular complexity index is 906. The summed E-state index contributed by atoms with van der Waals surface area (Å²) in [5.74, 6) is 0.213. The highest BCUT2D eigenvalue weighted by Crippen LogP contribution is 2.23. The summed E-state index contributed by atoms with van der Waals surface area (Å²) in [4.78, 5) is 21.4. The fourth-order valence-corrected chi connectivity index (χ4v) is 3.38. The van der Waals surface area contributed by atoms with Crippen molar-refractivity contribution in [2.75, 3.05) is 11.1 Å². The standard InChI is InChI=1S/C21H21N3OS/c1-14-8-7-9-15(2)20(14)24-19(25)13-26-21-22-16(3)12-18(23-21)17-10-5-4-6-11-17/h4-12H,13H2,1-3H3,(H,24,25). The van der Waals surface area contributed by atoms with Crippen molar-refractivity contribution in [2.24, 2.45) is 0 Å². The van der Waals surface area contributed by atoms with Gasteiger partial charge in [-0.2, -0.15) is 0 Å². The largest absolute Gasteiger partial charge is 0.325 e. The third kappa shape index (κ3) is 4.49. The molecule has 1 aromatic heterocycles. The lowest BCUT2D eigenvalue weighted by Gasteiger charge is -2.11. The first-order valence-electron chi connectivity index (χ1n) is 8.43. The summed E-state index contributed by atoms with van der Waals surface area (Å²) in [6.07, 6.45) is 0. The SMILES string of the molecule is Cc1cc(-c2ccccc2)nc(SCC(=O)Nc2c(C)cccc2C)n1. The quantitative estimate of drug-likeness (QED) is 0.522. The Morgan fingerprint density at radius 1 is 0.962 bits per heavy atom. The molecule has 0 fully saturated rings. The zero-order valence-corrected chi connectivity index (χ0v) is 15.9. The van der Waals surface area contributed by atoms with E-state index in [1.54, 1.807) is 0 Å². The molecule has 0 aliphatic heterocycles. The molecule has 3 rings (SSSR count). The molecule has 0 bridgehead atoms. The van der Waals surface area contributed by atoms with Gasteiger partial charge in [-0.3, -0.25) is 4.79 Å². The third-order valence-corrected chi connectivity index (χ3v) is 4.83. The van der Waals surface area contributed by atoms with Crippen LogP contribution in [0, 0.1) is 20.8 Å². The molecule has 2 aromatic carbocycles. The summed E-state index contributed by atoms with van der Waals surface area (Å²) in [6.45, 7) is 5.92. The zero-order valence-electron chi connectivity index (χ0n) is 15.1. The van der Waals surface area contributed by atoms with Gasteiger partial charge in [0.15, 0.2) is 5.16 Å². The van der Waals surface area contributed by atoms with E-state index in [4.69, 9.17) is 0 Å². The summed E-state index contributed by atoms with van der Waals surface area (Å²) in [5.41, 5.74) is 5.79. The summed E-state index contributed by atoms with van der Waals surface area (Å²) < 4.78 is 0. The Hall–Kier alpha value is -2.66. The monoisotopic (exact) mass is 363 g/mol.